The third kappa shape index (κ3) is 3.83. The maximum absolute atomic E-state index is 13.2. The third-order valence-corrected chi connectivity index (χ3v) is 5.44. The first-order chi connectivity index (χ1) is 12.6. The lowest BCUT2D eigenvalue weighted by Crippen LogP contribution is -2.60. The van der Waals surface area contributed by atoms with Crippen molar-refractivity contribution >= 4 is 5.91 Å². The summed E-state index contributed by atoms with van der Waals surface area (Å²) in [5.41, 5.74) is 0.167. The minimum absolute atomic E-state index is 0.144. The second kappa shape index (κ2) is 8.31. The summed E-state index contributed by atoms with van der Waals surface area (Å²) in [7, 11) is 1.63. The zero-order valence-electron chi connectivity index (χ0n) is 15.1. The lowest BCUT2D eigenvalue weighted by Gasteiger charge is -2.44. The number of rotatable bonds is 7. The fourth-order valence-electron chi connectivity index (χ4n) is 4.22. The van der Waals surface area contributed by atoms with Crippen LogP contribution in [0.5, 0.6) is 5.75 Å². The Bertz CT molecular complexity index is 629. The van der Waals surface area contributed by atoms with Gasteiger partial charge in [-0.3, -0.25) is 9.69 Å². The van der Waals surface area contributed by atoms with Crippen LogP contribution in [0.15, 0.2) is 24.3 Å². The fourth-order valence-corrected chi connectivity index (χ4v) is 4.22. The highest BCUT2D eigenvalue weighted by molar-refractivity contribution is 5.87. The molecule has 2 aliphatic rings. The molecule has 5 nitrogen and oxygen atoms in total. The van der Waals surface area contributed by atoms with E-state index in [1.165, 1.54) is 0 Å². The number of benzene rings is 1. The van der Waals surface area contributed by atoms with Crippen molar-refractivity contribution in [1.29, 1.82) is 0 Å². The van der Waals surface area contributed by atoms with E-state index < -0.39 is 12.2 Å². The van der Waals surface area contributed by atoms with Gasteiger partial charge in [-0.1, -0.05) is 18.2 Å². The van der Waals surface area contributed by atoms with Crippen molar-refractivity contribution in [3.63, 3.8) is 0 Å². The average molecular weight is 368 g/mol. The topological polar surface area (TPSA) is 42.0 Å². The molecule has 0 bridgehead atoms. The summed E-state index contributed by atoms with van der Waals surface area (Å²) in [6.07, 6.45) is 3.50. The Morgan fingerprint density at radius 2 is 1.92 bits per heavy atom. The summed E-state index contributed by atoms with van der Waals surface area (Å²) in [6.45, 7) is 0.232. The average Bonchev–Trinajstić information content (AvgIpc) is 3.01. The van der Waals surface area contributed by atoms with E-state index in [4.69, 9.17) is 4.74 Å². The Morgan fingerprint density at radius 3 is 2.65 bits per heavy atom. The van der Waals surface area contributed by atoms with Crippen LogP contribution < -0.4 is 4.74 Å². The number of likely N-dealkylation sites (tertiary alicyclic amines) is 2. The lowest BCUT2D eigenvalue weighted by molar-refractivity contribution is -0.148. The summed E-state index contributed by atoms with van der Waals surface area (Å²) in [5.74, 6) is 0.328. The summed E-state index contributed by atoms with van der Waals surface area (Å²) in [4.78, 5) is 17.2. The van der Waals surface area contributed by atoms with Crippen LogP contribution in [-0.4, -0.2) is 61.2 Å². The van der Waals surface area contributed by atoms with Crippen LogP contribution in [0.1, 0.15) is 31.2 Å². The first-order valence-electron chi connectivity index (χ1n) is 9.13. The molecule has 7 heteroatoms. The zero-order chi connectivity index (χ0) is 18.6. The molecule has 0 aromatic heterocycles. The number of nitrogens with zero attached hydrogens (tertiary/aromatic N) is 2. The monoisotopic (exact) mass is 368 g/mol. The van der Waals surface area contributed by atoms with Crippen LogP contribution in [-0.2, 0) is 16.1 Å². The molecule has 2 aliphatic heterocycles. The Labute approximate surface area is 152 Å². The summed E-state index contributed by atoms with van der Waals surface area (Å²) >= 11 is 0. The summed E-state index contributed by atoms with van der Waals surface area (Å²) in [6, 6.07) is 6.83. The Hall–Kier alpha value is -1.73. The molecule has 2 saturated heterocycles. The Kier molecular flexibility index (Phi) is 6.09. The number of piperidine rings is 1. The molecule has 1 atom stereocenters. The summed E-state index contributed by atoms with van der Waals surface area (Å²) < 4.78 is 35.2. The van der Waals surface area contributed by atoms with Crippen LogP contribution in [0.4, 0.5) is 8.78 Å². The van der Waals surface area contributed by atoms with E-state index in [2.05, 4.69) is 9.64 Å². The molecule has 1 aromatic rings. The smallest absolute Gasteiger partial charge is 0.387 e. The predicted molar refractivity (Wildman–Crippen MR) is 93.1 cm³/mol. The van der Waals surface area contributed by atoms with Gasteiger partial charge in [0.15, 0.2) is 0 Å². The molecule has 26 heavy (non-hydrogen) atoms. The second-order valence-electron chi connectivity index (χ2n) is 6.93. The van der Waals surface area contributed by atoms with Crippen molar-refractivity contribution in [3.05, 3.63) is 29.8 Å². The van der Waals surface area contributed by atoms with Crippen molar-refractivity contribution in [2.45, 2.75) is 44.4 Å². The van der Waals surface area contributed by atoms with Gasteiger partial charge in [-0.25, -0.2) is 0 Å². The SMILES string of the molecule is COCCN1CCCC2(CCCN2Cc2ccccc2OC(F)F)C1=O. The number of amides is 1. The van der Waals surface area contributed by atoms with E-state index in [0.717, 1.165) is 38.8 Å². The molecule has 1 aromatic carbocycles. The van der Waals surface area contributed by atoms with E-state index in [1.54, 1.807) is 25.3 Å². The largest absolute Gasteiger partial charge is 0.434 e. The molecule has 1 unspecified atom stereocenters. The molecule has 0 radical (unpaired) electrons. The minimum Gasteiger partial charge on any atom is -0.434 e. The Morgan fingerprint density at radius 1 is 1.19 bits per heavy atom. The predicted octanol–water partition coefficient (Wildman–Crippen LogP) is 2.89. The van der Waals surface area contributed by atoms with E-state index >= 15 is 0 Å². The van der Waals surface area contributed by atoms with Crippen LogP contribution >= 0.6 is 0 Å². The molecule has 144 valence electrons. The standard InChI is InChI=1S/C19H26F2N2O3/c1-25-13-12-22-10-4-8-19(17(22)24)9-5-11-23(19)14-15-6-2-3-7-16(15)26-18(20)21/h2-3,6-7,18H,4-5,8-14H2,1H3. The van der Waals surface area contributed by atoms with Gasteiger partial charge in [0.25, 0.3) is 0 Å². The maximum Gasteiger partial charge on any atom is 0.387 e. The normalized spacial score (nSPS) is 24.0. The zero-order valence-corrected chi connectivity index (χ0v) is 15.1. The van der Waals surface area contributed by atoms with E-state index in [9.17, 15) is 13.6 Å². The second-order valence-corrected chi connectivity index (χ2v) is 6.93. The van der Waals surface area contributed by atoms with Crippen LogP contribution in [0.3, 0.4) is 0 Å². The van der Waals surface area contributed by atoms with Gasteiger partial charge in [-0.05, 0) is 38.3 Å². The molecule has 2 fully saturated rings. The van der Waals surface area contributed by atoms with Gasteiger partial charge in [-0.15, -0.1) is 0 Å². The van der Waals surface area contributed by atoms with Crippen molar-refractivity contribution in [1.82, 2.24) is 9.80 Å². The number of hydrogen-bond acceptors (Lipinski definition) is 4. The lowest BCUT2D eigenvalue weighted by atomic mass is 9.85. The van der Waals surface area contributed by atoms with Crippen molar-refractivity contribution in [3.8, 4) is 5.75 Å². The van der Waals surface area contributed by atoms with Gasteiger partial charge in [0.1, 0.15) is 11.3 Å². The fraction of sp³-hybridized carbons (Fsp3) is 0.632. The molecule has 1 amide bonds. The highest BCUT2D eigenvalue weighted by Crippen LogP contribution is 2.40. The number of halogens is 2. The number of carbonyl (C=O) groups excluding carboxylic acids is 1. The molecule has 1 spiro atoms. The number of methoxy groups -OCH3 is 1. The van der Waals surface area contributed by atoms with Gasteiger partial charge in [0, 0.05) is 32.3 Å². The van der Waals surface area contributed by atoms with Gasteiger partial charge < -0.3 is 14.4 Å². The maximum atomic E-state index is 13.2. The molecule has 0 saturated carbocycles. The highest BCUT2D eigenvalue weighted by Gasteiger charge is 2.50. The first kappa shape index (κ1) is 19.0. The molecule has 0 N–H and O–H groups in total. The van der Waals surface area contributed by atoms with Crippen LogP contribution in [0.25, 0.3) is 0 Å². The number of alkyl halides is 2. The number of carbonyl (C=O) groups is 1. The van der Waals surface area contributed by atoms with Crippen LogP contribution in [0.2, 0.25) is 0 Å². The quantitative estimate of drug-likeness (QED) is 0.742. The minimum atomic E-state index is -2.86. The van der Waals surface area contributed by atoms with E-state index in [1.807, 2.05) is 11.0 Å². The van der Waals surface area contributed by atoms with Gasteiger partial charge in [0.2, 0.25) is 5.91 Å². The molecule has 2 heterocycles. The number of ether oxygens (including phenoxy) is 2. The summed E-state index contributed by atoms with van der Waals surface area (Å²) in [5, 5.41) is 0. The van der Waals surface area contributed by atoms with Crippen molar-refractivity contribution in [2.24, 2.45) is 0 Å². The first-order valence-corrected chi connectivity index (χ1v) is 9.13. The molecular formula is C19H26F2N2O3. The number of para-hydroxylation sites is 1. The highest BCUT2D eigenvalue weighted by atomic mass is 19.3. The van der Waals surface area contributed by atoms with Gasteiger partial charge in [-0.2, -0.15) is 8.78 Å². The molecule has 3 rings (SSSR count). The molecular weight excluding hydrogens is 342 g/mol. The number of hydrogen-bond donors (Lipinski definition) is 0. The van der Waals surface area contributed by atoms with E-state index in [0.29, 0.717) is 25.3 Å². The third-order valence-electron chi connectivity index (χ3n) is 5.44. The molecule has 0 aliphatic carbocycles. The van der Waals surface area contributed by atoms with Gasteiger partial charge >= 0.3 is 6.61 Å². The van der Waals surface area contributed by atoms with Crippen molar-refractivity contribution < 1.29 is 23.0 Å². The van der Waals surface area contributed by atoms with Crippen molar-refractivity contribution in [2.75, 3.05) is 33.4 Å². The van der Waals surface area contributed by atoms with Crippen LogP contribution in [0, 0.1) is 0 Å². The Balaban J connectivity index is 1.79. The van der Waals surface area contributed by atoms with E-state index in [-0.39, 0.29) is 11.7 Å². The van der Waals surface area contributed by atoms with Gasteiger partial charge in [0.05, 0.1) is 6.61 Å².